The Hall–Kier alpha value is -1.22. The van der Waals surface area contributed by atoms with Crippen molar-refractivity contribution in [2.75, 3.05) is 0 Å². The molecule has 0 saturated heterocycles. The van der Waals surface area contributed by atoms with Gasteiger partial charge < -0.3 is 0 Å². The van der Waals surface area contributed by atoms with E-state index in [-0.39, 0.29) is 12.4 Å². The molecule has 0 spiro atoms. The third-order valence-electron chi connectivity index (χ3n) is 7.75. The van der Waals surface area contributed by atoms with Crippen LogP contribution in [-0.2, 0) is 17.1 Å². The van der Waals surface area contributed by atoms with E-state index in [0.717, 1.165) is 0 Å². The maximum atomic E-state index is 2.69. The summed E-state index contributed by atoms with van der Waals surface area (Å²) in [5, 5.41) is 0. The molecule has 0 heterocycles. The van der Waals surface area contributed by atoms with Crippen molar-refractivity contribution in [3.05, 3.63) is 101 Å². The number of hydrogen-bond acceptors (Lipinski definition) is 0. The van der Waals surface area contributed by atoms with Crippen molar-refractivity contribution < 1.29 is 17.1 Å². The van der Waals surface area contributed by atoms with Crippen molar-refractivity contribution in [3.63, 3.8) is 0 Å². The Labute approximate surface area is 209 Å². The second kappa shape index (κ2) is 9.09. The minimum atomic E-state index is -3.54. The zero-order valence-corrected chi connectivity index (χ0v) is 27.4. The van der Waals surface area contributed by atoms with Gasteiger partial charge >= 0.3 is 199 Å². The van der Waals surface area contributed by atoms with Crippen LogP contribution in [0.5, 0.6) is 0 Å². The van der Waals surface area contributed by atoms with Gasteiger partial charge in [-0.25, -0.2) is 0 Å². The first-order chi connectivity index (χ1) is 14.9. The molecular weight excluding hydrogens is 602 g/mol. The van der Waals surface area contributed by atoms with Crippen LogP contribution in [0.15, 0.2) is 78.5 Å². The fraction of sp³-hybridized carbons (Fsp3) is 0.333. The topological polar surface area (TPSA) is 0 Å². The summed E-state index contributed by atoms with van der Waals surface area (Å²) in [6.45, 7) is 16.5. The van der Waals surface area contributed by atoms with Crippen molar-refractivity contribution >= 4 is 30.5 Å². The van der Waals surface area contributed by atoms with Crippen LogP contribution in [0.2, 0.25) is 9.36 Å². The van der Waals surface area contributed by atoms with Gasteiger partial charge in [0, 0.05) is 0 Å². The quantitative estimate of drug-likeness (QED) is 0.295. The standard InChI is InChI=1S/2C14H15.2CH3.ClH.Hf.H2Si/c2*1-10-5-4-6-13(8-10)14-9-11(2)7-12(14)3;;;;;/h2*4-6,8-9,11H,1-3H3;2*1H3;1H;;1H2. The largest absolute Gasteiger partial charge is 0.147 e. The van der Waals surface area contributed by atoms with Crippen LogP contribution in [0.1, 0.15) is 49.9 Å². The number of hydrogen-bond donors (Lipinski definition) is 0. The molecule has 0 nitrogen and oxygen atoms in total. The Bertz CT molecular complexity index is 1220. The van der Waals surface area contributed by atoms with Gasteiger partial charge in [-0.2, -0.15) is 0 Å². The molecule has 0 bridgehead atoms. The summed E-state index contributed by atoms with van der Waals surface area (Å²) < 4.78 is 8.97. The van der Waals surface area contributed by atoms with E-state index in [4.69, 9.17) is 0 Å². The molecule has 0 N–H and O–H groups in total. The van der Waals surface area contributed by atoms with Gasteiger partial charge in [-0.3, -0.25) is 0 Å². The average Bonchev–Trinajstić information content (AvgIpc) is 3.17. The number of halogens is 1. The van der Waals surface area contributed by atoms with E-state index in [1.165, 1.54) is 33.4 Å². The molecule has 3 heteroatoms. The molecule has 33 heavy (non-hydrogen) atoms. The predicted octanol–water partition coefficient (Wildman–Crippen LogP) is 8.37. The summed E-state index contributed by atoms with van der Waals surface area (Å²) in [7, 11) is 0. The van der Waals surface area contributed by atoms with Crippen LogP contribution in [0.4, 0.5) is 0 Å². The first-order valence-corrected chi connectivity index (χ1v) is 31.1. The van der Waals surface area contributed by atoms with Gasteiger partial charge in [0.25, 0.3) is 0 Å². The van der Waals surface area contributed by atoms with Gasteiger partial charge in [-0.05, 0) is 0 Å². The average molecular weight is 642 g/mol. The molecular formula is C30H39ClHfSi. The molecule has 2 aliphatic carbocycles. The van der Waals surface area contributed by atoms with Crippen molar-refractivity contribution in [1.29, 1.82) is 0 Å². The zero-order chi connectivity index (χ0) is 23.4. The zero-order valence-electron chi connectivity index (χ0n) is 21.5. The molecule has 0 amide bonds. The number of rotatable bonds is 4. The summed E-state index contributed by atoms with van der Waals surface area (Å²) in [5.74, 6) is 1.03. The Balaban J connectivity index is 0.00000306. The van der Waals surface area contributed by atoms with Gasteiger partial charge in [0.05, 0.1) is 0 Å². The Morgan fingerprint density at radius 3 is 1.36 bits per heavy atom. The van der Waals surface area contributed by atoms with Gasteiger partial charge in [0.1, 0.15) is 0 Å². The van der Waals surface area contributed by atoms with E-state index in [2.05, 4.69) is 119 Å². The van der Waals surface area contributed by atoms with Gasteiger partial charge in [-0.15, -0.1) is 12.4 Å². The van der Waals surface area contributed by atoms with Crippen molar-refractivity contribution in [3.8, 4) is 0 Å². The van der Waals surface area contributed by atoms with Crippen LogP contribution < -0.4 is 0 Å². The molecule has 0 aromatic heterocycles. The maximum absolute atomic E-state index is 3.54. The monoisotopic (exact) mass is 642 g/mol. The second-order valence-corrected chi connectivity index (χ2v) is 51.8. The second-order valence-electron chi connectivity index (χ2n) is 11.2. The summed E-state index contributed by atoms with van der Waals surface area (Å²) in [6, 6.07) is 18.1. The molecule has 0 radical (unpaired) electrons. The van der Waals surface area contributed by atoms with Crippen molar-refractivity contribution in [2.45, 2.75) is 50.9 Å². The first-order valence-electron chi connectivity index (χ1n) is 12.0. The van der Waals surface area contributed by atoms with E-state index in [1.54, 1.807) is 17.8 Å². The van der Waals surface area contributed by atoms with Crippen molar-refractivity contribution in [2.24, 2.45) is 11.8 Å². The molecule has 2 aromatic carbocycles. The first kappa shape index (κ1) is 26.4. The fourth-order valence-electron chi connectivity index (χ4n) is 6.95. The maximum Gasteiger partial charge on any atom is -0.147 e. The molecule has 2 aliphatic rings. The van der Waals surface area contributed by atoms with Crippen LogP contribution >= 0.6 is 12.4 Å². The summed E-state index contributed by atoms with van der Waals surface area (Å²) in [4.78, 5) is 0. The van der Waals surface area contributed by atoms with E-state index in [1.807, 2.05) is 0 Å². The van der Waals surface area contributed by atoms with E-state index in [0.29, 0.717) is 11.8 Å². The molecule has 2 aromatic rings. The molecule has 174 valence electrons. The Kier molecular flexibility index (Phi) is 7.27. The fourth-order valence-corrected chi connectivity index (χ4v) is 38.3. The Morgan fingerprint density at radius 2 is 1.03 bits per heavy atom. The third kappa shape index (κ3) is 4.56. The minimum Gasteiger partial charge on any atom is -0.147 e. The molecule has 2 unspecified atom stereocenters. The number of allylic oxidation sites excluding steroid dienone is 8. The minimum absolute atomic E-state index is 0. The van der Waals surface area contributed by atoms with Gasteiger partial charge in [0.15, 0.2) is 0 Å². The SMILES string of the molecule is CC1=[C]([Hf]([CH3])([CH3])(=[SiH2])[C]2=C(C)C(c3cccc(C)c3)=CC2C)C(C)C=C1c1cccc(C)c1.Cl. The summed E-state index contributed by atoms with van der Waals surface area (Å²) in [5.41, 5.74) is 11.5. The molecule has 0 aliphatic heterocycles. The summed E-state index contributed by atoms with van der Waals surface area (Å²) in [6.07, 6.45) is 5.08. The van der Waals surface area contributed by atoms with Crippen LogP contribution in [0.25, 0.3) is 11.1 Å². The molecule has 0 saturated carbocycles. The third-order valence-corrected chi connectivity index (χ3v) is 32.4. The van der Waals surface area contributed by atoms with E-state index < -0.39 is 17.1 Å². The van der Waals surface area contributed by atoms with E-state index >= 15 is 0 Å². The van der Waals surface area contributed by atoms with Crippen molar-refractivity contribution in [1.82, 2.24) is 0 Å². The predicted molar refractivity (Wildman–Crippen MR) is 150 cm³/mol. The number of benzene rings is 2. The molecule has 4 rings (SSSR count). The smallest absolute Gasteiger partial charge is 0.147 e. The van der Waals surface area contributed by atoms with Gasteiger partial charge in [0.2, 0.25) is 0 Å². The van der Waals surface area contributed by atoms with Crippen LogP contribution in [-0.4, -0.2) is 6.94 Å². The van der Waals surface area contributed by atoms with E-state index in [9.17, 15) is 0 Å². The number of aryl methyl sites for hydroxylation is 2. The summed E-state index contributed by atoms with van der Waals surface area (Å²) >= 11 is -3.54. The molecule has 0 fully saturated rings. The van der Waals surface area contributed by atoms with Crippen LogP contribution in [0.3, 0.4) is 0 Å². The van der Waals surface area contributed by atoms with Gasteiger partial charge in [-0.1, -0.05) is 0 Å². The normalized spacial score (nSPS) is 21.2. The molecule has 2 atom stereocenters. The Morgan fingerprint density at radius 1 is 0.667 bits per heavy atom. The van der Waals surface area contributed by atoms with Crippen LogP contribution in [0, 0.1) is 25.7 Å².